The summed E-state index contributed by atoms with van der Waals surface area (Å²) in [5.74, 6) is 0. The fourth-order valence-corrected chi connectivity index (χ4v) is 3.42. The van der Waals surface area contributed by atoms with Gasteiger partial charge in [-0.15, -0.1) is 0 Å². The standard InChI is InChI=1S/C23H28O6/c1-2-13-27-23-20(26)21(28-14-16-9-5-3-6-10-16)18(24)19(25)22(23)29-15-17-11-7-4-8-12-17/h2-13,18-26H,14-15H2,1H3/b13-2+/t18-,19-,20-,21+,22+,23+/m0/s1. The highest BCUT2D eigenvalue weighted by atomic mass is 16.6. The molecule has 0 heterocycles. The maximum Gasteiger partial charge on any atom is 0.155 e. The molecule has 2 aromatic carbocycles. The smallest absolute Gasteiger partial charge is 0.155 e. The molecule has 6 heteroatoms. The molecule has 0 unspecified atom stereocenters. The maximum atomic E-state index is 10.9. The van der Waals surface area contributed by atoms with Crippen molar-refractivity contribution in [1.29, 1.82) is 0 Å². The van der Waals surface area contributed by atoms with Gasteiger partial charge in [-0.3, -0.25) is 0 Å². The van der Waals surface area contributed by atoms with Crippen LogP contribution >= 0.6 is 0 Å². The van der Waals surface area contributed by atoms with E-state index in [0.717, 1.165) is 11.1 Å². The lowest BCUT2D eigenvalue weighted by Gasteiger charge is -2.44. The second kappa shape index (κ2) is 10.5. The van der Waals surface area contributed by atoms with Gasteiger partial charge in [-0.1, -0.05) is 66.7 Å². The number of allylic oxidation sites excluding steroid dienone is 1. The predicted molar refractivity (Wildman–Crippen MR) is 108 cm³/mol. The Morgan fingerprint density at radius 3 is 1.69 bits per heavy atom. The molecule has 0 saturated heterocycles. The predicted octanol–water partition coefficient (Wildman–Crippen LogP) is 2.17. The highest BCUT2D eigenvalue weighted by Crippen LogP contribution is 2.29. The minimum absolute atomic E-state index is 0.193. The average Bonchev–Trinajstić information content (AvgIpc) is 2.76. The first-order chi connectivity index (χ1) is 14.1. The number of ether oxygens (including phenoxy) is 3. The third kappa shape index (κ3) is 5.44. The quantitative estimate of drug-likeness (QED) is 0.589. The van der Waals surface area contributed by atoms with E-state index < -0.39 is 36.6 Å². The van der Waals surface area contributed by atoms with E-state index in [9.17, 15) is 15.3 Å². The molecule has 0 aliphatic heterocycles. The van der Waals surface area contributed by atoms with Crippen LogP contribution in [0.5, 0.6) is 0 Å². The van der Waals surface area contributed by atoms with E-state index in [1.807, 2.05) is 60.7 Å². The Morgan fingerprint density at radius 2 is 1.17 bits per heavy atom. The van der Waals surface area contributed by atoms with Crippen LogP contribution in [0.1, 0.15) is 18.1 Å². The summed E-state index contributed by atoms with van der Waals surface area (Å²) in [5, 5.41) is 32.2. The summed E-state index contributed by atoms with van der Waals surface area (Å²) in [4.78, 5) is 0. The van der Waals surface area contributed by atoms with Crippen LogP contribution in [0.25, 0.3) is 0 Å². The normalized spacial score (nSPS) is 29.8. The molecular formula is C23H28O6. The van der Waals surface area contributed by atoms with Gasteiger partial charge in [0.25, 0.3) is 0 Å². The Balaban J connectivity index is 1.72. The summed E-state index contributed by atoms with van der Waals surface area (Å²) in [7, 11) is 0. The van der Waals surface area contributed by atoms with Gasteiger partial charge in [0.2, 0.25) is 0 Å². The molecule has 29 heavy (non-hydrogen) atoms. The van der Waals surface area contributed by atoms with Crippen molar-refractivity contribution in [2.24, 2.45) is 0 Å². The number of benzene rings is 2. The van der Waals surface area contributed by atoms with Gasteiger partial charge in [0.05, 0.1) is 19.5 Å². The second-order valence-corrected chi connectivity index (χ2v) is 7.06. The maximum absolute atomic E-state index is 10.9. The molecule has 3 rings (SSSR count). The Kier molecular flexibility index (Phi) is 7.80. The number of hydrogen-bond acceptors (Lipinski definition) is 6. The van der Waals surface area contributed by atoms with Crippen LogP contribution in [-0.2, 0) is 27.4 Å². The molecule has 2 aromatic rings. The van der Waals surface area contributed by atoms with E-state index in [1.165, 1.54) is 6.26 Å². The molecule has 1 aliphatic carbocycles. The lowest BCUT2D eigenvalue weighted by molar-refractivity contribution is -0.251. The van der Waals surface area contributed by atoms with Crippen molar-refractivity contribution in [2.75, 3.05) is 0 Å². The van der Waals surface area contributed by atoms with E-state index in [4.69, 9.17) is 14.2 Å². The number of aliphatic hydroxyl groups excluding tert-OH is 3. The fraction of sp³-hybridized carbons (Fsp3) is 0.391. The van der Waals surface area contributed by atoms with Gasteiger partial charge in [0.15, 0.2) is 6.10 Å². The molecule has 1 aliphatic rings. The topological polar surface area (TPSA) is 88.4 Å². The van der Waals surface area contributed by atoms with Gasteiger partial charge in [-0.05, 0) is 18.1 Å². The van der Waals surface area contributed by atoms with Crippen LogP contribution in [0, 0.1) is 0 Å². The molecule has 1 fully saturated rings. The van der Waals surface area contributed by atoms with Gasteiger partial charge >= 0.3 is 0 Å². The molecular weight excluding hydrogens is 372 g/mol. The van der Waals surface area contributed by atoms with Crippen molar-refractivity contribution >= 4 is 0 Å². The summed E-state index contributed by atoms with van der Waals surface area (Å²) in [6, 6.07) is 18.9. The van der Waals surface area contributed by atoms with Crippen LogP contribution in [-0.4, -0.2) is 51.9 Å². The second-order valence-electron chi connectivity index (χ2n) is 7.06. The molecule has 3 N–H and O–H groups in total. The fourth-order valence-electron chi connectivity index (χ4n) is 3.42. The van der Waals surface area contributed by atoms with E-state index in [-0.39, 0.29) is 13.2 Å². The molecule has 0 amide bonds. The molecule has 0 bridgehead atoms. The third-order valence-corrected chi connectivity index (χ3v) is 4.96. The summed E-state index contributed by atoms with van der Waals surface area (Å²) < 4.78 is 17.3. The minimum atomic E-state index is -1.32. The van der Waals surface area contributed by atoms with Gasteiger partial charge in [0.1, 0.15) is 30.5 Å². The van der Waals surface area contributed by atoms with Crippen LogP contribution in [0.2, 0.25) is 0 Å². The van der Waals surface area contributed by atoms with Crippen molar-refractivity contribution < 1.29 is 29.5 Å². The van der Waals surface area contributed by atoms with E-state index in [1.54, 1.807) is 13.0 Å². The summed E-state index contributed by atoms with van der Waals surface area (Å²) in [6.07, 6.45) is -3.50. The molecule has 0 spiro atoms. The lowest BCUT2D eigenvalue weighted by Crippen LogP contribution is -2.65. The van der Waals surface area contributed by atoms with E-state index in [0.29, 0.717) is 0 Å². The molecule has 0 aromatic heterocycles. The highest BCUT2D eigenvalue weighted by Gasteiger charge is 2.51. The Bertz CT molecular complexity index is 750. The van der Waals surface area contributed by atoms with Gasteiger partial charge in [0, 0.05) is 0 Å². The molecule has 6 nitrogen and oxygen atoms in total. The Hall–Kier alpha value is -2.22. The zero-order chi connectivity index (χ0) is 20.6. The van der Waals surface area contributed by atoms with Crippen LogP contribution in [0.3, 0.4) is 0 Å². The third-order valence-electron chi connectivity index (χ3n) is 4.96. The van der Waals surface area contributed by atoms with Crippen LogP contribution in [0.15, 0.2) is 73.0 Å². The SMILES string of the molecule is C/C=C/O[C@@H]1[C@@H](O)[C@H](OCc2ccccc2)[C@@H](O)[C@H](O)[C@H]1OCc1ccccc1. The first-order valence-electron chi connectivity index (χ1n) is 9.73. The summed E-state index contributed by atoms with van der Waals surface area (Å²) in [6.45, 7) is 2.19. The summed E-state index contributed by atoms with van der Waals surface area (Å²) >= 11 is 0. The average molecular weight is 400 g/mol. The van der Waals surface area contributed by atoms with Crippen molar-refractivity contribution in [3.05, 3.63) is 84.1 Å². The Labute approximate surface area is 171 Å². The monoisotopic (exact) mass is 400 g/mol. The van der Waals surface area contributed by atoms with Crippen molar-refractivity contribution in [3.8, 4) is 0 Å². The molecule has 1 saturated carbocycles. The summed E-state index contributed by atoms with van der Waals surface area (Å²) in [5.41, 5.74) is 1.81. The van der Waals surface area contributed by atoms with E-state index >= 15 is 0 Å². The van der Waals surface area contributed by atoms with Gasteiger partial charge in [-0.2, -0.15) is 0 Å². The van der Waals surface area contributed by atoms with Crippen molar-refractivity contribution in [2.45, 2.75) is 56.8 Å². The van der Waals surface area contributed by atoms with Gasteiger partial charge < -0.3 is 29.5 Å². The Morgan fingerprint density at radius 1 is 0.690 bits per heavy atom. The zero-order valence-corrected chi connectivity index (χ0v) is 16.4. The molecule has 0 radical (unpaired) electrons. The minimum Gasteiger partial charge on any atom is -0.493 e. The first-order valence-corrected chi connectivity index (χ1v) is 9.73. The highest BCUT2D eigenvalue weighted by molar-refractivity contribution is 5.15. The largest absolute Gasteiger partial charge is 0.493 e. The van der Waals surface area contributed by atoms with Gasteiger partial charge in [-0.25, -0.2) is 0 Å². The number of hydrogen-bond donors (Lipinski definition) is 3. The molecule has 6 atom stereocenters. The van der Waals surface area contributed by atoms with Crippen LogP contribution in [0.4, 0.5) is 0 Å². The van der Waals surface area contributed by atoms with Crippen LogP contribution < -0.4 is 0 Å². The number of rotatable bonds is 8. The lowest BCUT2D eigenvalue weighted by atomic mass is 9.84. The molecule has 156 valence electrons. The first kappa shape index (κ1) is 21.5. The van der Waals surface area contributed by atoms with Crippen molar-refractivity contribution in [1.82, 2.24) is 0 Å². The zero-order valence-electron chi connectivity index (χ0n) is 16.4. The number of aliphatic hydroxyl groups is 3. The van der Waals surface area contributed by atoms with E-state index in [2.05, 4.69) is 0 Å². The van der Waals surface area contributed by atoms with Crippen molar-refractivity contribution in [3.63, 3.8) is 0 Å².